The Hall–Kier alpha value is -0.0800. The normalized spacial score (nSPS) is 46.5. The molecule has 2 heteroatoms. The van der Waals surface area contributed by atoms with Crippen LogP contribution in [0.25, 0.3) is 0 Å². The lowest BCUT2D eigenvalue weighted by Crippen LogP contribution is -2.46. The molecule has 0 aliphatic heterocycles. The van der Waals surface area contributed by atoms with Gasteiger partial charge in [-0.15, -0.1) is 0 Å². The van der Waals surface area contributed by atoms with Crippen LogP contribution in [-0.2, 0) is 0 Å². The maximum absolute atomic E-state index is 9.36. The highest BCUT2D eigenvalue weighted by molar-refractivity contribution is 4.96. The molecule has 3 fully saturated rings. The van der Waals surface area contributed by atoms with E-state index in [0.717, 1.165) is 25.2 Å². The molecule has 2 N–H and O–H groups in total. The van der Waals surface area contributed by atoms with Gasteiger partial charge in [-0.25, -0.2) is 0 Å². The Balaban J connectivity index is 2.15. The SMILES string of the molecule is OC[C@@H]1CC2CCC1(CO)CC2. The zero-order chi connectivity index (χ0) is 8.60. The standard InChI is InChI=1S/C10H18O2/c11-6-9-5-8-1-3-10(9,7-12)4-2-8/h8-9,11-12H,1-7H2/t8?,9-,10?/m0/s1. The van der Waals surface area contributed by atoms with Crippen LogP contribution in [-0.4, -0.2) is 23.4 Å². The second kappa shape index (κ2) is 3.00. The van der Waals surface area contributed by atoms with Gasteiger partial charge in [0.05, 0.1) is 0 Å². The van der Waals surface area contributed by atoms with E-state index in [2.05, 4.69) is 0 Å². The van der Waals surface area contributed by atoms with Crippen molar-refractivity contribution in [3.05, 3.63) is 0 Å². The fourth-order valence-electron chi connectivity index (χ4n) is 3.10. The third-order valence-corrected chi connectivity index (χ3v) is 4.12. The molecule has 70 valence electrons. The van der Waals surface area contributed by atoms with Gasteiger partial charge in [0.1, 0.15) is 0 Å². The van der Waals surface area contributed by atoms with E-state index in [0.29, 0.717) is 5.92 Å². The molecule has 0 aromatic heterocycles. The van der Waals surface area contributed by atoms with E-state index in [1.165, 1.54) is 12.8 Å². The van der Waals surface area contributed by atoms with E-state index in [9.17, 15) is 10.2 Å². The van der Waals surface area contributed by atoms with Crippen LogP contribution in [0.4, 0.5) is 0 Å². The van der Waals surface area contributed by atoms with Gasteiger partial charge in [0.2, 0.25) is 0 Å². The van der Waals surface area contributed by atoms with Gasteiger partial charge in [-0.3, -0.25) is 0 Å². The first kappa shape index (κ1) is 8.52. The van der Waals surface area contributed by atoms with Crippen molar-refractivity contribution in [2.45, 2.75) is 32.1 Å². The monoisotopic (exact) mass is 170 g/mol. The Kier molecular flexibility index (Phi) is 2.13. The Labute approximate surface area is 73.6 Å². The third-order valence-electron chi connectivity index (χ3n) is 4.12. The summed E-state index contributed by atoms with van der Waals surface area (Å²) < 4.78 is 0. The molecule has 0 unspecified atom stereocenters. The van der Waals surface area contributed by atoms with Crippen molar-refractivity contribution < 1.29 is 10.2 Å². The van der Waals surface area contributed by atoms with Gasteiger partial charge in [-0.2, -0.15) is 0 Å². The maximum atomic E-state index is 9.36. The molecule has 2 nitrogen and oxygen atoms in total. The summed E-state index contributed by atoms with van der Waals surface area (Å²) in [6.07, 6.45) is 5.98. The van der Waals surface area contributed by atoms with Crippen LogP contribution >= 0.6 is 0 Å². The Morgan fingerprint density at radius 2 is 1.83 bits per heavy atom. The molecule has 2 bridgehead atoms. The smallest absolute Gasteiger partial charge is 0.0490 e. The second-order valence-corrected chi connectivity index (χ2v) is 4.58. The first-order chi connectivity index (χ1) is 5.80. The minimum Gasteiger partial charge on any atom is -0.396 e. The van der Waals surface area contributed by atoms with Gasteiger partial charge in [0.15, 0.2) is 0 Å². The van der Waals surface area contributed by atoms with Crippen LogP contribution in [0.3, 0.4) is 0 Å². The first-order valence-corrected chi connectivity index (χ1v) is 5.02. The number of hydrogen-bond acceptors (Lipinski definition) is 2. The predicted molar refractivity (Wildman–Crippen MR) is 46.7 cm³/mol. The molecule has 3 saturated carbocycles. The summed E-state index contributed by atoms with van der Waals surface area (Å²) in [6.45, 7) is 0.558. The Bertz CT molecular complexity index is 159. The van der Waals surface area contributed by atoms with Crippen molar-refractivity contribution in [1.29, 1.82) is 0 Å². The number of rotatable bonds is 2. The van der Waals surface area contributed by atoms with E-state index in [1.807, 2.05) is 0 Å². The fourth-order valence-corrected chi connectivity index (χ4v) is 3.10. The number of aliphatic hydroxyl groups is 2. The zero-order valence-electron chi connectivity index (χ0n) is 7.50. The van der Waals surface area contributed by atoms with Crippen LogP contribution in [0.1, 0.15) is 32.1 Å². The maximum Gasteiger partial charge on any atom is 0.0490 e. The number of fused-ring (bicyclic) bond motifs is 3. The molecule has 3 rings (SSSR count). The minimum atomic E-state index is 0.101. The van der Waals surface area contributed by atoms with Gasteiger partial charge < -0.3 is 10.2 Å². The molecule has 3 aliphatic rings. The molecule has 0 aromatic carbocycles. The summed E-state index contributed by atoms with van der Waals surface area (Å²) in [4.78, 5) is 0. The van der Waals surface area contributed by atoms with Gasteiger partial charge in [-0.05, 0) is 49.4 Å². The Morgan fingerprint density at radius 1 is 1.17 bits per heavy atom. The zero-order valence-corrected chi connectivity index (χ0v) is 7.50. The predicted octanol–water partition coefficient (Wildman–Crippen LogP) is 1.17. The van der Waals surface area contributed by atoms with E-state index < -0.39 is 0 Å². The fraction of sp³-hybridized carbons (Fsp3) is 1.00. The molecule has 0 spiro atoms. The lowest BCUT2D eigenvalue weighted by molar-refractivity contribution is -0.0671. The highest BCUT2D eigenvalue weighted by Crippen LogP contribution is 2.53. The van der Waals surface area contributed by atoms with Crippen molar-refractivity contribution in [3.63, 3.8) is 0 Å². The lowest BCUT2D eigenvalue weighted by atomic mass is 9.55. The van der Waals surface area contributed by atoms with Crippen molar-refractivity contribution in [2.75, 3.05) is 13.2 Å². The Morgan fingerprint density at radius 3 is 2.25 bits per heavy atom. The summed E-state index contributed by atoms with van der Waals surface area (Å²) in [7, 11) is 0. The van der Waals surface area contributed by atoms with Gasteiger partial charge >= 0.3 is 0 Å². The summed E-state index contributed by atoms with van der Waals surface area (Å²) >= 11 is 0. The number of aliphatic hydroxyl groups excluding tert-OH is 2. The topological polar surface area (TPSA) is 40.5 Å². The van der Waals surface area contributed by atoms with Gasteiger partial charge in [0, 0.05) is 13.2 Å². The molecule has 0 aromatic rings. The van der Waals surface area contributed by atoms with Crippen LogP contribution < -0.4 is 0 Å². The quantitative estimate of drug-likeness (QED) is 0.653. The average molecular weight is 170 g/mol. The van der Waals surface area contributed by atoms with Crippen molar-refractivity contribution in [2.24, 2.45) is 17.3 Å². The summed E-state index contributed by atoms with van der Waals surface area (Å²) in [5.74, 6) is 1.23. The summed E-state index contributed by atoms with van der Waals surface area (Å²) in [5.41, 5.74) is 0.101. The molecule has 0 amide bonds. The summed E-state index contributed by atoms with van der Waals surface area (Å²) in [5, 5.41) is 18.6. The molecule has 0 saturated heterocycles. The first-order valence-electron chi connectivity index (χ1n) is 5.02. The van der Waals surface area contributed by atoms with Gasteiger partial charge in [-0.1, -0.05) is 0 Å². The van der Waals surface area contributed by atoms with E-state index in [4.69, 9.17) is 0 Å². The van der Waals surface area contributed by atoms with Crippen LogP contribution in [0.2, 0.25) is 0 Å². The molecular weight excluding hydrogens is 152 g/mol. The molecule has 3 aliphatic carbocycles. The van der Waals surface area contributed by atoms with E-state index in [-0.39, 0.29) is 18.6 Å². The highest BCUT2D eigenvalue weighted by Gasteiger charge is 2.46. The number of hydrogen-bond donors (Lipinski definition) is 2. The van der Waals surface area contributed by atoms with Crippen LogP contribution in [0, 0.1) is 17.3 Å². The minimum absolute atomic E-state index is 0.101. The molecule has 0 radical (unpaired) electrons. The molecule has 0 heterocycles. The van der Waals surface area contributed by atoms with E-state index in [1.54, 1.807) is 0 Å². The largest absolute Gasteiger partial charge is 0.396 e. The van der Waals surface area contributed by atoms with E-state index >= 15 is 0 Å². The average Bonchev–Trinajstić information content (AvgIpc) is 2.19. The van der Waals surface area contributed by atoms with Crippen molar-refractivity contribution >= 4 is 0 Å². The van der Waals surface area contributed by atoms with Crippen LogP contribution in [0.15, 0.2) is 0 Å². The lowest BCUT2D eigenvalue weighted by Gasteiger charge is -2.50. The van der Waals surface area contributed by atoms with Crippen LogP contribution in [0.5, 0.6) is 0 Å². The molecular formula is C10H18O2. The molecule has 1 atom stereocenters. The highest BCUT2D eigenvalue weighted by atomic mass is 16.3. The second-order valence-electron chi connectivity index (χ2n) is 4.58. The molecule has 12 heavy (non-hydrogen) atoms. The van der Waals surface area contributed by atoms with Crippen molar-refractivity contribution in [1.82, 2.24) is 0 Å². The van der Waals surface area contributed by atoms with Gasteiger partial charge in [0.25, 0.3) is 0 Å². The summed E-state index contributed by atoms with van der Waals surface area (Å²) in [6, 6.07) is 0. The third kappa shape index (κ3) is 1.09. The van der Waals surface area contributed by atoms with Crippen molar-refractivity contribution in [3.8, 4) is 0 Å².